The van der Waals surface area contributed by atoms with Gasteiger partial charge in [0.1, 0.15) is 5.78 Å². The number of rotatable bonds is 1. The largest absolute Gasteiger partial charge is 0.375 e. The lowest BCUT2D eigenvalue weighted by atomic mass is 9.73. The van der Waals surface area contributed by atoms with Gasteiger partial charge in [-0.05, 0) is 18.9 Å². The van der Waals surface area contributed by atoms with Crippen LogP contribution < -0.4 is 4.90 Å². The van der Waals surface area contributed by atoms with E-state index in [0.717, 1.165) is 12.8 Å². The smallest absolute Gasteiger partial charge is 0.264 e. The molecule has 2 atom stereocenters. The Hall–Kier alpha value is -1.68. The van der Waals surface area contributed by atoms with Gasteiger partial charge in [0.05, 0.1) is 11.6 Å². The summed E-state index contributed by atoms with van der Waals surface area (Å²) in [5.74, 6) is -0.971. The van der Waals surface area contributed by atoms with Crippen molar-refractivity contribution in [2.24, 2.45) is 5.92 Å². The van der Waals surface area contributed by atoms with Crippen molar-refractivity contribution in [3.63, 3.8) is 0 Å². The van der Waals surface area contributed by atoms with E-state index in [4.69, 9.17) is 0 Å². The molecule has 0 aromatic heterocycles. The van der Waals surface area contributed by atoms with Crippen molar-refractivity contribution in [2.45, 2.75) is 31.3 Å². The number of Topliss-reactive ketones (excluding diaryl/α,β-unsaturated/α-hetero) is 1. The van der Waals surface area contributed by atoms with E-state index in [0.29, 0.717) is 24.1 Å². The lowest BCUT2D eigenvalue weighted by Crippen LogP contribution is -2.48. The van der Waals surface area contributed by atoms with Gasteiger partial charge < -0.3 is 10.0 Å². The van der Waals surface area contributed by atoms with Gasteiger partial charge in [0, 0.05) is 19.0 Å². The second-order valence-electron chi connectivity index (χ2n) is 5.41. The molecule has 0 bridgehead atoms. The minimum Gasteiger partial charge on any atom is -0.375 e. The minimum absolute atomic E-state index is 0.00667. The molecule has 100 valence electrons. The molecule has 2 aliphatic rings. The number of benzene rings is 1. The van der Waals surface area contributed by atoms with Crippen LogP contribution in [-0.4, -0.2) is 23.8 Å². The van der Waals surface area contributed by atoms with Crippen molar-refractivity contribution in [2.75, 3.05) is 11.9 Å². The third kappa shape index (κ3) is 1.56. The minimum atomic E-state index is -1.66. The van der Waals surface area contributed by atoms with Crippen LogP contribution in [0.2, 0.25) is 0 Å². The first kappa shape index (κ1) is 12.4. The van der Waals surface area contributed by atoms with Gasteiger partial charge in [0.15, 0.2) is 5.60 Å². The third-order valence-corrected chi connectivity index (χ3v) is 4.37. The Balaban J connectivity index is 2.12. The summed E-state index contributed by atoms with van der Waals surface area (Å²) in [4.78, 5) is 26.0. The monoisotopic (exact) mass is 259 g/mol. The Morgan fingerprint density at radius 1 is 1.26 bits per heavy atom. The number of aliphatic hydroxyl groups is 1. The second kappa shape index (κ2) is 4.17. The van der Waals surface area contributed by atoms with E-state index in [1.165, 1.54) is 4.90 Å². The van der Waals surface area contributed by atoms with Gasteiger partial charge in [0.2, 0.25) is 0 Å². The highest BCUT2D eigenvalue weighted by Crippen LogP contribution is 2.47. The van der Waals surface area contributed by atoms with Crippen LogP contribution in [0.3, 0.4) is 0 Å². The van der Waals surface area contributed by atoms with Crippen LogP contribution in [0.4, 0.5) is 5.69 Å². The highest BCUT2D eigenvalue weighted by Gasteiger charge is 2.55. The summed E-state index contributed by atoms with van der Waals surface area (Å²) in [6.07, 6.45) is 2.80. The summed E-state index contributed by atoms with van der Waals surface area (Å²) in [6, 6.07) is 7.18. The zero-order valence-electron chi connectivity index (χ0n) is 10.9. The highest BCUT2D eigenvalue weighted by molar-refractivity contribution is 6.09. The molecule has 1 aliphatic carbocycles. The van der Waals surface area contributed by atoms with Crippen LogP contribution in [0, 0.1) is 5.92 Å². The van der Waals surface area contributed by atoms with E-state index in [-0.39, 0.29) is 11.7 Å². The molecule has 1 fully saturated rings. The second-order valence-corrected chi connectivity index (χ2v) is 5.41. The van der Waals surface area contributed by atoms with Crippen molar-refractivity contribution >= 4 is 17.4 Å². The molecule has 1 aliphatic heterocycles. The number of hydrogen-bond acceptors (Lipinski definition) is 3. The van der Waals surface area contributed by atoms with Gasteiger partial charge in [-0.1, -0.05) is 24.6 Å². The van der Waals surface area contributed by atoms with E-state index in [2.05, 4.69) is 0 Å². The maximum Gasteiger partial charge on any atom is 0.264 e. The molecule has 0 unspecified atom stereocenters. The van der Waals surface area contributed by atoms with E-state index >= 15 is 0 Å². The Kier molecular flexibility index (Phi) is 2.71. The number of para-hydroxylation sites is 1. The zero-order valence-corrected chi connectivity index (χ0v) is 10.9. The molecule has 1 amide bonds. The predicted octanol–water partition coefficient (Wildman–Crippen LogP) is 1.61. The van der Waals surface area contributed by atoms with Crippen LogP contribution in [0.15, 0.2) is 24.3 Å². The summed E-state index contributed by atoms with van der Waals surface area (Å²) >= 11 is 0. The maximum atomic E-state index is 12.5. The Bertz CT molecular complexity index is 554. The van der Waals surface area contributed by atoms with Crippen LogP contribution >= 0.6 is 0 Å². The number of carbonyl (C=O) groups is 2. The van der Waals surface area contributed by atoms with Crippen LogP contribution in [0.5, 0.6) is 0 Å². The average molecular weight is 259 g/mol. The molecule has 1 aromatic rings. The lowest BCUT2D eigenvalue weighted by Gasteiger charge is -2.33. The van der Waals surface area contributed by atoms with E-state index in [1.807, 2.05) is 6.07 Å². The van der Waals surface area contributed by atoms with Crippen molar-refractivity contribution in [1.29, 1.82) is 0 Å². The van der Waals surface area contributed by atoms with E-state index in [1.54, 1.807) is 25.2 Å². The zero-order chi connectivity index (χ0) is 13.6. The van der Waals surface area contributed by atoms with Gasteiger partial charge >= 0.3 is 0 Å². The molecular formula is C15H17NO3. The van der Waals surface area contributed by atoms with Crippen molar-refractivity contribution in [3.8, 4) is 0 Å². The van der Waals surface area contributed by atoms with E-state index < -0.39 is 11.5 Å². The molecule has 1 aromatic carbocycles. The van der Waals surface area contributed by atoms with Crippen LogP contribution in [0.1, 0.15) is 31.2 Å². The van der Waals surface area contributed by atoms with Crippen molar-refractivity contribution in [3.05, 3.63) is 29.8 Å². The molecule has 0 radical (unpaired) electrons. The first-order valence-corrected chi connectivity index (χ1v) is 6.69. The number of ketones is 1. The van der Waals surface area contributed by atoms with E-state index in [9.17, 15) is 14.7 Å². The molecule has 1 N–H and O–H groups in total. The number of amides is 1. The first-order chi connectivity index (χ1) is 9.06. The summed E-state index contributed by atoms with van der Waals surface area (Å²) < 4.78 is 0. The molecule has 1 heterocycles. The first-order valence-electron chi connectivity index (χ1n) is 6.69. The molecule has 0 saturated heterocycles. The summed E-state index contributed by atoms with van der Waals surface area (Å²) in [5, 5.41) is 11.0. The van der Waals surface area contributed by atoms with Crippen LogP contribution in [0.25, 0.3) is 0 Å². The molecular weight excluding hydrogens is 242 g/mol. The van der Waals surface area contributed by atoms with Gasteiger partial charge in [-0.2, -0.15) is 0 Å². The van der Waals surface area contributed by atoms with Gasteiger partial charge in [0.25, 0.3) is 5.91 Å². The fourth-order valence-corrected chi connectivity index (χ4v) is 3.33. The normalized spacial score (nSPS) is 30.6. The fourth-order valence-electron chi connectivity index (χ4n) is 3.33. The Morgan fingerprint density at radius 2 is 2.00 bits per heavy atom. The number of nitrogens with zero attached hydrogens (tertiary/aromatic N) is 1. The van der Waals surface area contributed by atoms with Gasteiger partial charge in [-0.15, -0.1) is 0 Å². The molecule has 1 saturated carbocycles. The number of anilines is 1. The molecule has 3 rings (SSSR count). The lowest BCUT2D eigenvalue weighted by molar-refractivity contribution is -0.151. The standard InChI is InChI=1S/C15H17NO3/c1-16-12-8-4-2-6-10(12)15(19,14(16)18)11-7-3-5-9-13(11)17/h2,4,6,8,11,19H,3,5,7,9H2,1H3/t11-,15+/m1/s1. The summed E-state index contributed by atoms with van der Waals surface area (Å²) in [6.45, 7) is 0. The van der Waals surface area contributed by atoms with Crippen molar-refractivity contribution in [1.82, 2.24) is 0 Å². The quantitative estimate of drug-likeness (QED) is 0.833. The van der Waals surface area contributed by atoms with Crippen LogP contribution in [-0.2, 0) is 15.2 Å². The Morgan fingerprint density at radius 3 is 2.74 bits per heavy atom. The van der Waals surface area contributed by atoms with Crippen molar-refractivity contribution < 1.29 is 14.7 Å². The number of fused-ring (bicyclic) bond motifs is 1. The fraction of sp³-hybridized carbons (Fsp3) is 0.467. The molecule has 4 heteroatoms. The van der Waals surface area contributed by atoms with Gasteiger partial charge in [-0.25, -0.2) is 0 Å². The summed E-state index contributed by atoms with van der Waals surface area (Å²) in [7, 11) is 1.65. The SMILES string of the molecule is CN1C(=O)[C@@](O)([C@@H]2CCCCC2=O)c2ccccc21. The van der Waals surface area contributed by atoms with Gasteiger partial charge in [-0.3, -0.25) is 9.59 Å². The predicted molar refractivity (Wildman–Crippen MR) is 70.7 cm³/mol. The molecule has 4 nitrogen and oxygen atoms in total. The summed E-state index contributed by atoms with van der Waals surface area (Å²) in [5.41, 5.74) is -0.390. The maximum absolute atomic E-state index is 12.5. The number of likely N-dealkylation sites (N-methyl/N-ethyl adjacent to an activating group) is 1. The highest BCUT2D eigenvalue weighted by atomic mass is 16.3. The Labute approximate surface area is 112 Å². The molecule has 19 heavy (non-hydrogen) atoms. The third-order valence-electron chi connectivity index (χ3n) is 4.37. The topological polar surface area (TPSA) is 57.6 Å². The number of carbonyl (C=O) groups excluding carboxylic acids is 2. The molecule has 0 spiro atoms. The number of hydrogen-bond donors (Lipinski definition) is 1. The average Bonchev–Trinajstić information content (AvgIpc) is 2.63.